The number of methoxy groups -OCH3 is 2. The Labute approximate surface area is 158 Å². The predicted molar refractivity (Wildman–Crippen MR) is 105 cm³/mol. The van der Waals surface area contributed by atoms with Crippen LogP contribution in [0.3, 0.4) is 0 Å². The first-order chi connectivity index (χ1) is 13.2. The molecule has 0 aliphatic rings. The highest BCUT2D eigenvalue weighted by molar-refractivity contribution is 5.94. The van der Waals surface area contributed by atoms with Crippen molar-refractivity contribution in [2.24, 2.45) is 0 Å². The molecule has 0 bridgehead atoms. The van der Waals surface area contributed by atoms with Gasteiger partial charge in [0.25, 0.3) is 5.91 Å². The Bertz CT molecular complexity index is 914. The van der Waals surface area contributed by atoms with Crippen molar-refractivity contribution in [1.29, 1.82) is 0 Å². The first-order valence-electron chi connectivity index (χ1n) is 8.46. The van der Waals surface area contributed by atoms with Crippen LogP contribution in [0.15, 0.2) is 67.0 Å². The van der Waals surface area contributed by atoms with Gasteiger partial charge in [-0.25, -0.2) is 0 Å². The van der Waals surface area contributed by atoms with Gasteiger partial charge >= 0.3 is 0 Å². The van der Waals surface area contributed by atoms with Gasteiger partial charge in [0.05, 0.1) is 37.4 Å². The minimum Gasteiger partial charge on any atom is -0.497 e. The van der Waals surface area contributed by atoms with Crippen LogP contribution in [-0.2, 0) is 6.54 Å². The molecule has 0 fully saturated rings. The Morgan fingerprint density at radius 1 is 1.00 bits per heavy atom. The number of carbonyl (C=O) groups excluding carboxylic acids is 1. The van der Waals surface area contributed by atoms with E-state index in [-0.39, 0.29) is 5.91 Å². The molecule has 0 spiro atoms. The van der Waals surface area contributed by atoms with E-state index in [9.17, 15) is 4.79 Å². The van der Waals surface area contributed by atoms with Crippen molar-refractivity contribution >= 4 is 17.3 Å². The number of rotatable bonds is 7. The van der Waals surface area contributed by atoms with E-state index in [1.54, 1.807) is 26.5 Å². The van der Waals surface area contributed by atoms with Gasteiger partial charge in [0.2, 0.25) is 0 Å². The molecule has 0 radical (unpaired) electrons. The Kier molecular flexibility index (Phi) is 5.89. The Morgan fingerprint density at radius 3 is 2.56 bits per heavy atom. The molecule has 0 saturated heterocycles. The molecule has 6 nitrogen and oxygen atoms in total. The first-order valence-corrected chi connectivity index (χ1v) is 8.46. The predicted octanol–water partition coefficient (Wildman–Crippen LogP) is 3.77. The summed E-state index contributed by atoms with van der Waals surface area (Å²) in [7, 11) is 3.20. The second kappa shape index (κ2) is 8.71. The largest absolute Gasteiger partial charge is 0.497 e. The van der Waals surface area contributed by atoms with Crippen LogP contribution in [0, 0.1) is 0 Å². The normalized spacial score (nSPS) is 10.1. The van der Waals surface area contributed by atoms with Crippen molar-refractivity contribution < 1.29 is 14.3 Å². The van der Waals surface area contributed by atoms with Crippen LogP contribution in [0.5, 0.6) is 11.5 Å². The number of aromatic nitrogens is 1. The topological polar surface area (TPSA) is 72.5 Å². The summed E-state index contributed by atoms with van der Waals surface area (Å²) in [6.45, 7) is 0.459. The molecule has 6 heteroatoms. The fourth-order valence-electron chi connectivity index (χ4n) is 2.58. The average Bonchev–Trinajstić information content (AvgIpc) is 2.73. The van der Waals surface area contributed by atoms with E-state index in [4.69, 9.17) is 9.47 Å². The number of carbonyl (C=O) groups is 1. The summed E-state index contributed by atoms with van der Waals surface area (Å²) in [4.78, 5) is 16.6. The molecule has 3 aromatic rings. The maximum atomic E-state index is 12.4. The number of pyridine rings is 1. The number of ether oxygens (including phenoxy) is 2. The van der Waals surface area contributed by atoms with E-state index in [0.29, 0.717) is 29.3 Å². The van der Waals surface area contributed by atoms with Gasteiger partial charge in [-0.05, 0) is 23.8 Å². The molecule has 0 atom stereocenters. The summed E-state index contributed by atoms with van der Waals surface area (Å²) in [5.74, 6) is 1.17. The quantitative estimate of drug-likeness (QED) is 0.668. The van der Waals surface area contributed by atoms with E-state index in [2.05, 4.69) is 15.6 Å². The molecule has 1 amide bonds. The maximum absolute atomic E-state index is 12.4. The van der Waals surface area contributed by atoms with E-state index >= 15 is 0 Å². The lowest BCUT2D eigenvalue weighted by Crippen LogP contribution is -2.22. The van der Waals surface area contributed by atoms with Crippen LogP contribution in [0.1, 0.15) is 15.9 Å². The molecule has 2 aromatic carbocycles. The van der Waals surface area contributed by atoms with Gasteiger partial charge < -0.3 is 20.1 Å². The highest BCUT2D eigenvalue weighted by atomic mass is 16.5. The van der Waals surface area contributed by atoms with Crippen LogP contribution >= 0.6 is 0 Å². The lowest BCUT2D eigenvalue weighted by Gasteiger charge is -2.13. The highest BCUT2D eigenvalue weighted by Crippen LogP contribution is 2.31. The second-order valence-electron chi connectivity index (χ2n) is 5.82. The zero-order valence-corrected chi connectivity index (χ0v) is 15.2. The van der Waals surface area contributed by atoms with Gasteiger partial charge in [0.1, 0.15) is 11.5 Å². The van der Waals surface area contributed by atoms with Gasteiger partial charge in [-0.15, -0.1) is 0 Å². The highest BCUT2D eigenvalue weighted by Gasteiger charge is 2.09. The SMILES string of the molecule is COc1ccc(OC)c(Nc2cncc(C(=O)NCc3ccccc3)c2)c1. The number of benzene rings is 2. The Balaban J connectivity index is 1.73. The Hall–Kier alpha value is -3.54. The van der Waals surface area contributed by atoms with Crippen LogP contribution in [0.2, 0.25) is 0 Å². The summed E-state index contributed by atoms with van der Waals surface area (Å²) in [5, 5.41) is 6.12. The molecule has 0 saturated carbocycles. The van der Waals surface area contributed by atoms with Crippen molar-refractivity contribution in [3.8, 4) is 11.5 Å². The molecule has 0 aliphatic carbocycles. The minimum atomic E-state index is -0.187. The molecular formula is C21H21N3O3. The van der Waals surface area contributed by atoms with Crippen molar-refractivity contribution in [2.75, 3.05) is 19.5 Å². The molecule has 138 valence electrons. The number of hydrogen-bond donors (Lipinski definition) is 2. The van der Waals surface area contributed by atoms with E-state index in [1.807, 2.05) is 48.5 Å². The third kappa shape index (κ3) is 4.76. The molecule has 3 rings (SSSR count). The lowest BCUT2D eigenvalue weighted by molar-refractivity contribution is 0.0950. The number of amides is 1. The smallest absolute Gasteiger partial charge is 0.253 e. The molecule has 0 aliphatic heterocycles. The van der Waals surface area contributed by atoms with Crippen molar-refractivity contribution in [3.05, 3.63) is 78.1 Å². The third-order valence-corrected chi connectivity index (χ3v) is 3.98. The summed E-state index contributed by atoms with van der Waals surface area (Å²) in [5.41, 5.74) is 2.90. The number of nitrogens with zero attached hydrogens (tertiary/aromatic N) is 1. The van der Waals surface area contributed by atoms with Crippen LogP contribution < -0.4 is 20.1 Å². The van der Waals surface area contributed by atoms with Crippen molar-refractivity contribution in [2.45, 2.75) is 6.54 Å². The number of nitrogens with one attached hydrogen (secondary N) is 2. The molecule has 27 heavy (non-hydrogen) atoms. The van der Waals surface area contributed by atoms with E-state index in [0.717, 1.165) is 11.3 Å². The van der Waals surface area contributed by atoms with Gasteiger partial charge in [-0.1, -0.05) is 30.3 Å². The van der Waals surface area contributed by atoms with Crippen LogP contribution in [-0.4, -0.2) is 25.1 Å². The zero-order chi connectivity index (χ0) is 19.1. The maximum Gasteiger partial charge on any atom is 0.253 e. The average molecular weight is 363 g/mol. The first kappa shape index (κ1) is 18.3. The molecule has 1 heterocycles. The fraction of sp³-hybridized carbons (Fsp3) is 0.143. The minimum absolute atomic E-state index is 0.187. The number of hydrogen-bond acceptors (Lipinski definition) is 5. The van der Waals surface area contributed by atoms with Crippen LogP contribution in [0.25, 0.3) is 0 Å². The van der Waals surface area contributed by atoms with Crippen LogP contribution in [0.4, 0.5) is 11.4 Å². The third-order valence-electron chi connectivity index (χ3n) is 3.98. The zero-order valence-electron chi connectivity index (χ0n) is 15.2. The summed E-state index contributed by atoms with van der Waals surface area (Å²) >= 11 is 0. The summed E-state index contributed by atoms with van der Waals surface area (Å²) in [6.07, 6.45) is 3.18. The van der Waals surface area contributed by atoms with Gasteiger partial charge in [0.15, 0.2) is 0 Å². The molecule has 1 aromatic heterocycles. The number of anilines is 2. The van der Waals surface area contributed by atoms with E-state index in [1.165, 1.54) is 6.20 Å². The van der Waals surface area contributed by atoms with Crippen molar-refractivity contribution in [1.82, 2.24) is 10.3 Å². The molecule has 0 unspecified atom stereocenters. The van der Waals surface area contributed by atoms with E-state index < -0.39 is 0 Å². The van der Waals surface area contributed by atoms with Gasteiger partial charge in [0, 0.05) is 18.8 Å². The summed E-state index contributed by atoms with van der Waals surface area (Å²) < 4.78 is 10.6. The summed E-state index contributed by atoms with van der Waals surface area (Å²) in [6, 6.07) is 16.9. The van der Waals surface area contributed by atoms with Gasteiger partial charge in [-0.3, -0.25) is 9.78 Å². The molecule has 2 N–H and O–H groups in total. The fourth-order valence-corrected chi connectivity index (χ4v) is 2.58. The molecular weight excluding hydrogens is 342 g/mol. The monoisotopic (exact) mass is 363 g/mol. The van der Waals surface area contributed by atoms with Crippen molar-refractivity contribution in [3.63, 3.8) is 0 Å². The lowest BCUT2D eigenvalue weighted by atomic mass is 10.2. The van der Waals surface area contributed by atoms with Gasteiger partial charge in [-0.2, -0.15) is 0 Å². The Morgan fingerprint density at radius 2 is 1.81 bits per heavy atom. The standard InChI is InChI=1S/C21H21N3O3/c1-26-18-8-9-20(27-2)19(11-18)24-17-10-16(13-22-14-17)21(25)23-12-15-6-4-3-5-7-15/h3-11,13-14,24H,12H2,1-2H3,(H,23,25). The second-order valence-corrected chi connectivity index (χ2v) is 5.82.